The predicted octanol–water partition coefficient (Wildman–Crippen LogP) is 2.15. The number of hydrogen-bond donors (Lipinski definition) is 1. The molecule has 1 amide bonds. The number of thioether (sulfide) groups is 1. The second kappa shape index (κ2) is 5.00. The fourth-order valence-electron chi connectivity index (χ4n) is 1.44. The minimum absolute atomic E-state index is 0.233. The minimum Gasteiger partial charge on any atom is -0.376 e. The van der Waals surface area contributed by atoms with Crippen molar-refractivity contribution in [2.75, 3.05) is 6.73 Å². The first-order valence-corrected chi connectivity index (χ1v) is 6.27. The molecule has 0 saturated carbocycles. The van der Waals surface area contributed by atoms with E-state index in [1.165, 1.54) is 22.2 Å². The number of aliphatic hydroxyl groups is 1. The molecule has 2 rings (SSSR count). The van der Waals surface area contributed by atoms with Gasteiger partial charge in [0, 0.05) is 0 Å². The molecule has 0 atom stereocenters. The van der Waals surface area contributed by atoms with E-state index < -0.39 is 0 Å². The maximum Gasteiger partial charge on any atom is 0.268 e. The van der Waals surface area contributed by atoms with Gasteiger partial charge in [-0.15, -0.1) is 0 Å². The number of carbonyl (C=O) groups excluding carboxylic acids is 1. The van der Waals surface area contributed by atoms with Crippen LogP contribution >= 0.6 is 24.0 Å². The van der Waals surface area contributed by atoms with Crippen molar-refractivity contribution in [1.29, 1.82) is 0 Å². The van der Waals surface area contributed by atoms with Gasteiger partial charge in [0.2, 0.25) is 0 Å². The number of benzene rings is 1. The van der Waals surface area contributed by atoms with Gasteiger partial charge in [0.25, 0.3) is 5.91 Å². The van der Waals surface area contributed by atoms with Crippen LogP contribution in [0.3, 0.4) is 0 Å². The van der Waals surface area contributed by atoms with E-state index in [4.69, 9.17) is 17.3 Å². The normalized spacial score (nSPS) is 18.2. The molecule has 1 aliphatic heterocycles. The average Bonchev–Trinajstić information content (AvgIpc) is 2.57. The van der Waals surface area contributed by atoms with Gasteiger partial charge >= 0.3 is 0 Å². The zero-order valence-electron chi connectivity index (χ0n) is 9.21. The first-order chi connectivity index (χ1) is 8.11. The van der Waals surface area contributed by atoms with E-state index in [2.05, 4.69) is 0 Å². The molecule has 1 aliphatic rings. The largest absolute Gasteiger partial charge is 0.376 e. The summed E-state index contributed by atoms with van der Waals surface area (Å²) in [6, 6.07) is 7.86. The summed E-state index contributed by atoms with van der Waals surface area (Å²) in [6.07, 6.45) is 1.79. The number of thiocarbonyl (C=S) groups is 1. The molecule has 1 heterocycles. The van der Waals surface area contributed by atoms with Gasteiger partial charge in [0.15, 0.2) is 0 Å². The van der Waals surface area contributed by atoms with Gasteiger partial charge in [-0.3, -0.25) is 9.69 Å². The topological polar surface area (TPSA) is 40.5 Å². The van der Waals surface area contributed by atoms with Crippen LogP contribution in [0.2, 0.25) is 0 Å². The van der Waals surface area contributed by atoms with Crippen LogP contribution in [0.4, 0.5) is 0 Å². The van der Waals surface area contributed by atoms with Crippen molar-refractivity contribution >= 4 is 40.3 Å². The number of rotatable bonds is 2. The lowest BCUT2D eigenvalue weighted by molar-refractivity contribution is -0.124. The number of hydrogen-bond acceptors (Lipinski definition) is 4. The van der Waals surface area contributed by atoms with Gasteiger partial charge in [-0.05, 0) is 18.6 Å². The molecule has 17 heavy (non-hydrogen) atoms. The van der Waals surface area contributed by atoms with Crippen LogP contribution in [0, 0.1) is 6.92 Å². The number of amides is 1. The first kappa shape index (κ1) is 12.3. The lowest BCUT2D eigenvalue weighted by Crippen LogP contribution is -2.28. The molecule has 1 aromatic carbocycles. The van der Waals surface area contributed by atoms with Crippen molar-refractivity contribution in [3.8, 4) is 0 Å². The highest BCUT2D eigenvalue weighted by atomic mass is 32.2. The third-order valence-corrected chi connectivity index (χ3v) is 3.77. The lowest BCUT2D eigenvalue weighted by atomic mass is 10.1. The summed E-state index contributed by atoms with van der Waals surface area (Å²) in [5.41, 5.74) is 2.12. The Labute approximate surface area is 109 Å². The highest BCUT2D eigenvalue weighted by Crippen LogP contribution is 2.31. The number of aliphatic hydroxyl groups excluding tert-OH is 1. The molecule has 0 radical (unpaired) electrons. The number of carbonyl (C=O) groups is 1. The Morgan fingerprint density at radius 2 is 2.06 bits per heavy atom. The molecule has 1 N–H and O–H groups in total. The zero-order valence-corrected chi connectivity index (χ0v) is 10.8. The van der Waals surface area contributed by atoms with Crippen molar-refractivity contribution < 1.29 is 9.90 Å². The molecule has 0 aliphatic carbocycles. The van der Waals surface area contributed by atoms with E-state index in [1.54, 1.807) is 6.08 Å². The smallest absolute Gasteiger partial charge is 0.268 e. The zero-order chi connectivity index (χ0) is 12.4. The second-order valence-electron chi connectivity index (χ2n) is 3.66. The van der Waals surface area contributed by atoms with Crippen molar-refractivity contribution in [3.63, 3.8) is 0 Å². The van der Waals surface area contributed by atoms with E-state index in [-0.39, 0.29) is 12.6 Å². The van der Waals surface area contributed by atoms with Crippen LogP contribution in [-0.4, -0.2) is 27.0 Å². The van der Waals surface area contributed by atoms with Gasteiger partial charge < -0.3 is 5.11 Å². The van der Waals surface area contributed by atoms with Gasteiger partial charge in [0.05, 0.1) is 4.91 Å². The summed E-state index contributed by atoms with van der Waals surface area (Å²) >= 11 is 6.21. The molecule has 1 aromatic rings. The van der Waals surface area contributed by atoms with Crippen molar-refractivity contribution in [1.82, 2.24) is 4.90 Å². The SMILES string of the molecule is Cc1ccc(C=C2SC(=S)N(CO)C2=O)cc1. The highest BCUT2D eigenvalue weighted by Gasteiger charge is 2.31. The van der Waals surface area contributed by atoms with E-state index in [0.717, 1.165) is 5.56 Å². The third-order valence-electron chi connectivity index (χ3n) is 2.39. The van der Waals surface area contributed by atoms with Gasteiger partial charge in [-0.25, -0.2) is 0 Å². The van der Waals surface area contributed by atoms with Crippen LogP contribution in [0.5, 0.6) is 0 Å². The second-order valence-corrected chi connectivity index (χ2v) is 5.34. The standard InChI is InChI=1S/C12H11NO2S2/c1-8-2-4-9(5-3-8)6-10-11(15)13(7-14)12(16)17-10/h2-6,14H,7H2,1H3. The third kappa shape index (κ3) is 2.57. The average molecular weight is 265 g/mol. The Morgan fingerprint density at radius 1 is 1.41 bits per heavy atom. The Hall–Kier alpha value is -1.17. The van der Waals surface area contributed by atoms with Gasteiger partial charge in [-0.1, -0.05) is 53.8 Å². The first-order valence-electron chi connectivity index (χ1n) is 5.04. The molecule has 5 heteroatoms. The monoisotopic (exact) mass is 265 g/mol. The fraction of sp³-hybridized carbons (Fsp3) is 0.167. The summed E-state index contributed by atoms with van der Waals surface area (Å²) in [4.78, 5) is 13.5. The summed E-state index contributed by atoms with van der Waals surface area (Å²) in [5, 5.41) is 9.00. The predicted molar refractivity (Wildman–Crippen MR) is 73.3 cm³/mol. The molecule has 0 unspecified atom stereocenters. The quantitative estimate of drug-likeness (QED) is 0.657. The van der Waals surface area contributed by atoms with E-state index in [9.17, 15) is 4.79 Å². The Morgan fingerprint density at radius 3 is 2.59 bits per heavy atom. The Kier molecular flexibility index (Phi) is 3.61. The maximum atomic E-state index is 11.8. The van der Waals surface area contributed by atoms with E-state index >= 15 is 0 Å². The Bertz CT molecular complexity index is 494. The molecule has 0 aromatic heterocycles. The van der Waals surface area contributed by atoms with Crippen LogP contribution in [-0.2, 0) is 4.79 Å². The van der Waals surface area contributed by atoms with Gasteiger partial charge in [-0.2, -0.15) is 0 Å². The maximum absolute atomic E-state index is 11.8. The fourth-order valence-corrected chi connectivity index (χ4v) is 2.68. The highest BCUT2D eigenvalue weighted by molar-refractivity contribution is 8.26. The van der Waals surface area contributed by atoms with Crippen LogP contribution < -0.4 is 0 Å². The van der Waals surface area contributed by atoms with Crippen LogP contribution in [0.15, 0.2) is 29.2 Å². The van der Waals surface area contributed by atoms with E-state index in [0.29, 0.717) is 9.23 Å². The molecule has 0 spiro atoms. The Balaban J connectivity index is 2.27. The van der Waals surface area contributed by atoms with E-state index in [1.807, 2.05) is 31.2 Å². The molecule has 0 bridgehead atoms. The molecule has 3 nitrogen and oxygen atoms in total. The molecule has 1 fully saturated rings. The summed E-state index contributed by atoms with van der Waals surface area (Å²) in [5.74, 6) is -0.233. The molecule has 1 saturated heterocycles. The summed E-state index contributed by atoms with van der Waals surface area (Å²) < 4.78 is 0.399. The number of aryl methyl sites for hydroxylation is 1. The van der Waals surface area contributed by atoms with Crippen LogP contribution in [0.25, 0.3) is 6.08 Å². The molecule has 88 valence electrons. The summed E-state index contributed by atoms with van der Waals surface area (Å²) in [7, 11) is 0. The molecular weight excluding hydrogens is 254 g/mol. The van der Waals surface area contributed by atoms with Crippen LogP contribution in [0.1, 0.15) is 11.1 Å². The number of nitrogens with zero attached hydrogens (tertiary/aromatic N) is 1. The minimum atomic E-state index is -0.365. The van der Waals surface area contributed by atoms with Crippen molar-refractivity contribution in [2.45, 2.75) is 6.92 Å². The lowest BCUT2D eigenvalue weighted by Gasteiger charge is -2.08. The van der Waals surface area contributed by atoms with Crippen molar-refractivity contribution in [3.05, 3.63) is 40.3 Å². The van der Waals surface area contributed by atoms with Crippen molar-refractivity contribution in [2.24, 2.45) is 0 Å². The van der Waals surface area contributed by atoms with Gasteiger partial charge in [0.1, 0.15) is 11.1 Å². The summed E-state index contributed by atoms with van der Waals surface area (Å²) in [6.45, 7) is 1.64. The molecular formula is C12H11NO2S2.